The Morgan fingerprint density at radius 2 is 1.10 bits per heavy atom. The molecule has 0 aromatic heterocycles. The van der Waals surface area contributed by atoms with Crippen LogP contribution in [0.2, 0.25) is 0 Å². The number of hydrogen-bond donors (Lipinski definition) is 8. The van der Waals surface area contributed by atoms with Gasteiger partial charge in [-0.25, -0.2) is 0 Å². The van der Waals surface area contributed by atoms with Gasteiger partial charge in [-0.1, -0.05) is 0 Å². The van der Waals surface area contributed by atoms with Gasteiger partial charge in [0.05, 0.1) is 59.5 Å². The number of phenolic OH excluding ortho intramolecular Hbond substituents is 1. The third kappa shape index (κ3) is 16.4. The van der Waals surface area contributed by atoms with Gasteiger partial charge >= 0.3 is 0 Å². The fourth-order valence-corrected chi connectivity index (χ4v) is 10.9. The predicted octanol–water partition coefficient (Wildman–Crippen LogP) is 12.1. The summed E-state index contributed by atoms with van der Waals surface area (Å²) < 4.78 is 151. The van der Waals surface area contributed by atoms with Gasteiger partial charge in [-0.3, -0.25) is 27.8 Å². The van der Waals surface area contributed by atoms with Gasteiger partial charge in [-0.05, 0) is 171 Å². The van der Waals surface area contributed by atoms with Gasteiger partial charge in [0.15, 0.2) is 5.75 Å². The highest BCUT2D eigenvalue weighted by atomic mass is 32.2. The minimum absolute atomic E-state index is 0.00428. The third-order valence-electron chi connectivity index (χ3n) is 13.2. The number of anilines is 3. The number of nitrogens with zero attached hydrogens (tertiary/aromatic N) is 6. The molecule has 0 fully saturated rings. The van der Waals surface area contributed by atoms with Gasteiger partial charge in [-0.15, -0.1) is 15.3 Å². The second-order valence-electron chi connectivity index (χ2n) is 19.8. The summed E-state index contributed by atoms with van der Waals surface area (Å²) in [6.45, 7) is 6.12. The summed E-state index contributed by atoms with van der Waals surface area (Å²) in [7, 11) is -17.4. The van der Waals surface area contributed by atoms with Crippen LogP contribution in [0.1, 0.15) is 55.8 Å². The molecule has 0 saturated carbocycles. The van der Waals surface area contributed by atoms with E-state index in [2.05, 4.69) is 41.3 Å². The van der Waals surface area contributed by atoms with Crippen molar-refractivity contribution in [3.05, 3.63) is 149 Å². The number of ether oxygens (including phenoxy) is 3. The Balaban J connectivity index is 1.02. The van der Waals surface area contributed by atoms with E-state index in [0.29, 0.717) is 55.7 Å². The lowest BCUT2D eigenvalue weighted by molar-refractivity contribution is 0.101. The number of nitrogens with two attached hydrogens (primary N) is 1. The molecule has 31 heteroatoms. The van der Waals surface area contributed by atoms with Gasteiger partial charge in [0, 0.05) is 51.5 Å². The van der Waals surface area contributed by atoms with E-state index in [9.17, 15) is 62.0 Å². The maximum absolute atomic E-state index is 13.8. The summed E-state index contributed by atoms with van der Waals surface area (Å²) in [5, 5.41) is 44.0. The zero-order valence-corrected chi connectivity index (χ0v) is 50.4. The largest absolute Gasteiger partial charge is 0.505 e. The van der Waals surface area contributed by atoms with Crippen molar-refractivity contribution in [1.29, 1.82) is 0 Å². The molecule has 0 aliphatic rings. The average Bonchev–Trinajstić information content (AvgIpc) is 0.953. The van der Waals surface area contributed by atoms with Crippen LogP contribution in [0.25, 0.3) is 21.5 Å². The van der Waals surface area contributed by atoms with Crippen molar-refractivity contribution in [2.45, 2.75) is 50.3 Å². The van der Waals surface area contributed by atoms with Crippen molar-refractivity contribution in [1.82, 2.24) is 0 Å². The first-order valence-corrected chi connectivity index (χ1v) is 32.1. The number of phenols is 1. The normalized spacial score (nSPS) is 12.4. The highest BCUT2D eigenvalue weighted by Gasteiger charge is 2.24. The standard InChI is InChI=1S/C57H55N9O18S4/c1-31-21-40(13-14-42(31)57(69)60-49-28-44-37(26-53(49)88(79,80)81)25-41(87(76,77)78)27-50(44)83-16-6-18-85(70,71)72)61-62-46-30-52(84-17-7-19-86(73,74)75)48(23-33(46)3)64-63-45-29-51(82-5)47(22-32(45)2)65-66-54-34(4)20-36-24-39(12-15-43(36)55(54)67)59-56(68)35-8-10-38(58)11-9-35/h8-15,20-30,67H,6-7,16-19,58H2,1-5H3,(H,59,68)(H,60,69)(H,70,71,72)(H,73,74,75)(H,76,77,78)(H,79,80,81). The molecule has 460 valence electrons. The van der Waals surface area contributed by atoms with Crippen LogP contribution in [0.3, 0.4) is 0 Å². The molecule has 0 atom stereocenters. The monoisotopic (exact) mass is 1280 g/mol. The Kier molecular flexibility index (Phi) is 19.3. The molecule has 8 aromatic carbocycles. The molecule has 0 radical (unpaired) electrons. The molecule has 27 nitrogen and oxygen atoms in total. The molecule has 0 spiro atoms. The summed E-state index contributed by atoms with van der Waals surface area (Å²) in [6.07, 6.45) is -0.380. The molecule has 0 saturated heterocycles. The van der Waals surface area contributed by atoms with E-state index in [1.165, 1.54) is 38.3 Å². The van der Waals surface area contributed by atoms with Gasteiger partial charge < -0.3 is 35.7 Å². The smallest absolute Gasteiger partial charge is 0.296 e. The molecule has 8 rings (SSSR count). The second-order valence-corrected chi connectivity index (χ2v) is 25.7. The lowest BCUT2D eigenvalue weighted by atomic mass is 10.0. The van der Waals surface area contributed by atoms with E-state index in [-0.39, 0.29) is 93.1 Å². The Morgan fingerprint density at radius 1 is 0.523 bits per heavy atom. The van der Waals surface area contributed by atoms with Crippen LogP contribution < -0.4 is 30.6 Å². The van der Waals surface area contributed by atoms with Crippen molar-refractivity contribution < 1.29 is 80.8 Å². The Morgan fingerprint density at radius 3 is 1.70 bits per heavy atom. The number of nitrogen functional groups attached to an aromatic ring is 1. The molecule has 88 heavy (non-hydrogen) atoms. The number of carbonyl (C=O) groups excluding carboxylic acids is 2. The molecule has 0 heterocycles. The number of hydrogen-bond acceptors (Lipinski definition) is 21. The average molecular weight is 1280 g/mol. The van der Waals surface area contributed by atoms with Crippen LogP contribution >= 0.6 is 0 Å². The van der Waals surface area contributed by atoms with Gasteiger partial charge in [0.2, 0.25) is 0 Å². The molecular formula is C57H55N9O18S4. The zero-order chi connectivity index (χ0) is 64.0. The third-order valence-corrected chi connectivity index (χ3v) is 16.5. The van der Waals surface area contributed by atoms with Gasteiger partial charge in [-0.2, -0.15) is 49.0 Å². The fraction of sp³-hybridized carbons (Fsp3) is 0.193. The molecule has 0 aliphatic carbocycles. The quantitative estimate of drug-likeness (QED) is 0.0128. The second kappa shape index (κ2) is 26.3. The van der Waals surface area contributed by atoms with Crippen molar-refractivity contribution >= 4 is 125 Å². The van der Waals surface area contributed by atoms with Gasteiger partial charge in [0.1, 0.15) is 39.2 Å². The number of aromatic hydroxyl groups is 1. The molecule has 0 bridgehead atoms. The number of nitrogens with one attached hydrogen (secondary N) is 2. The number of carbonyl (C=O) groups is 2. The van der Waals surface area contributed by atoms with Crippen LogP contribution in [-0.2, 0) is 40.5 Å². The summed E-state index contributed by atoms with van der Waals surface area (Å²) in [6, 6.07) is 27.5. The number of fused-ring (bicyclic) bond motifs is 2. The number of benzene rings is 8. The van der Waals surface area contributed by atoms with Gasteiger partial charge in [0.25, 0.3) is 52.3 Å². The van der Waals surface area contributed by atoms with E-state index in [0.717, 1.165) is 24.3 Å². The maximum Gasteiger partial charge on any atom is 0.296 e. The number of methoxy groups -OCH3 is 1. The number of rotatable bonds is 23. The zero-order valence-electron chi connectivity index (χ0n) is 47.1. The van der Waals surface area contributed by atoms with E-state index in [1.807, 2.05) is 0 Å². The van der Waals surface area contributed by atoms with E-state index in [1.54, 1.807) is 87.5 Å². The van der Waals surface area contributed by atoms with E-state index in [4.69, 9.17) is 24.5 Å². The Bertz CT molecular complexity index is 4680. The van der Waals surface area contributed by atoms with Crippen molar-refractivity contribution in [3.8, 4) is 23.0 Å². The topological polar surface area (TPSA) is 424 Å². The highest BCUT2D eigenvalue weighted by Crippen LogP contribution is 2.44. The first-order chi connectivity index (χ1) is 41.3. The SMILES string of the molecule is COc1cc(N=Nc2cc(C)c(N=Nc3ccc(C(=O)Nc4cc5c(OCCCS(=O)(=O)O)cc(S(=O)(=O)O)cc5cc4S(=O)(=O)O)c(C)c3)cc2OCCCS(=O)(=O)O)c(C)cc1N=Nc1c(C)cc2cc(NC(=O)c3ccc(N)cc3)ccc2c1O. The minimum atomic E-state index is -5.14. The lowest BCUT2D eigenvalue weighted by Gasteiger charge is -2.16. The summed E-state index contributed by atoms with van der Waals surface area (Å²) in [4.78, 5) is 25.1. The summed E-state index contributed by atoms with van der Waals surface area (Å²) in [5.74, 6) is -2.65. The fourth-order valence-electron chi connectivity index (χ4n) is 8.76. The molecular weight excluding hydrogens is 1230 g/mol. The lowest BCUT2D eigenvalue weighted by Crippen LogP contribution is -2.16. The Labute approximate surface area is 504 Å². The maximum atomic E-state index is 13.8. The molecule has 0 aliphatic heterocycles. The highest BCUT2D eigenvalue weighted by molar-refractivity contribution is 7.86. The summed E-state index contributed by atoms with van der Waals surface area (Å²) >= 11 is 0. The number of amides is 2. The Hall–Kier alpha value is -9.34. The first-order valence-electron chi connectivity index (χ1n) is 26.0. The number of azo groups is 3. The van der Waals surface area contributed by atoms with Crippen molar-refractivity contribution in [3.63, 3.8) is 0 Å². The molecule has 9 N–H and O–H groups in total. The van der Waals surface area contributed by atoms with Crippen LogP contribution in [0, 0.1) is 27.7 Å². The van der Waals surface area contributed by atoms with Crippen LogP contribution in [-0.4, -0.2) is 101 Å². The van der Waals surface area contributed by atoms with Crippen LogP contribution in [0.5, 0.6) is 23.0 Å². The van der Waals surface area contributed by atoms with Crippen LogP contribution in [0.15, 0.2) is 156 Å². The minimum Gasteiger partial charge on any atom is -0.505 e. The predicted molar refractivity (Wildman–Crippen MR) is 326 cm³/mol. The van der Waals surface area contributed by atoms with Crippen molar-refractivity contribution in [2.24, 2.45) is 30.7 Å². The molecule has 2 amide bonds. The number of aryl methyl sites for hydroxylation is 4. The molecule has 8 aromatic rings. The van der Waals surface area contributed by atoms with Crippen molar-refractivity contribution in [2.75, 3.05) is 48.2 Å². The van der Waals surface area contributed by atoms with E-state index >= 15 is 0 Å². The molecule has 0 unspecified atom stereocenters. The first kappa shape index (κ1) is 64.7. The summed E-state index contributed by atoms with van der Waals surface area (Å²) in [5.41, 5.74) is 10.2. The van der Waals surface area contributed by atoms with Crippen LogP contribution in [0.4, 0.5) is 51.2 Å². The van der Waals surface area contributed by atoms with E-state index < -0.39 is 80.0 Å².